The average molecular weight is 200 g/mol. The minimum absolute atomic E-state index is 0.778. The molecule has 0 atom stereocenters. The van der Waals surface area contributed by atoms with Gasteiger partial charge in [-0.25, -0.2) is 10.8 Å². The number of hydrogen-bond acceptors (Lipinski definition) is 5. The topological polar surface area (TPSA) is 54.2 Å². The monoisotopic (exact) mass is 200 g/mol. The summed E-state index contributed by atoms with van der Waals surface area (Å²) >= 11 is 1.60. The van der Waals surface area contributed by atoms with Crippen LogP contribution in [0.4, 0.5) is 5.13 Å². The van der Waals surface area contributed by atoms with Gasteiger partial charge in [0.1, 0.15) is 0 Å². The normalized spacial score (nSPS) is 10.8. The number of anilines is 1. The van der Waals surface area contributed by atoms with E-state index in [-0.39, 0.29) is 0 Å². The van der Waals surface area contributed by atoms with Gasteiger partial charge in [-0.3, -0.25) is 5.43 Å². The maximum absolute atomic E-state index is 5.24. The van der Waals surface area contributed by atoms with Gasteiger partial charge in [0.2, 0.25) is 0 Å². The van der Waals surface area contributed by atoms with E-state index in [2.05, 4.69) is 29.3 Å². The van der Waals surface area contributed by atoms with Crippen molar-refractivity contribution in [2.75, 3.05) is 19.0 Å². The summed E-state index contributed by atoms with van der Waals surface area (Å²) in [6, 6.07) is 0. The fourth-order valence-corrected chi connectivity index (χ4v) is 1.98. The van der Waals surface area contributed by atoms with E-state index in [1.807, 2.05) is 6.20 Å². The van der Waals surface area contributed by atoms with Crippen molar-refractivity contribution in [3.8, 4) is 0 Å². The van der Waals surface area contributed by atoms with E-state index >= 15 is 0 Å². The number of nitrogens with one attached hydrogen (secondary N) is 1. The highest BCUT2D eigenvalue weighted by Gasteiger charge is 2.03. The molecule has 0 saturated heterocycles. The Balaban J connectivity index is 2.44. The Morgan fingerprint density at radius 1 is 1.69 bits per heavy atom. The minimum atomic E-state index is 0.778. The zero-order chi connectivity index (χ0) is 9.68. The lowest BCUT2D eigenvalue weighted by atomic mass is 10.4. The number of hydrazine groups is 1. The van der Waals surface area contributed by atoms with Gasteiger partial charge in [-0.1, -0.05) is 18.3 Å². The molecule has 0 saturated carbocycles. The van der Waals surface area contributed by atoms with Crippen LogP contribution in [0.25, 0.3) is 0 Å². The Labute approximate surface area is 82.7 Å². The number of thiazole rings is 1. The molecule has 0 aliphatic rings. The Bertz CT molecular complexity index is 248. The van der Waals surface area contributed by atoms with Gasteiger partial charge < -0.3 is 4.90 Å². The van der Waals surface area contributed by atoms with Crippen molar-refractivity contribution in [3.63, 3.8) is 0 Å². The predicted molar refractivity (Wildman–Crippen MR) is 56.5 cm³/mol. The van der Waals surface area contributed by atoms with Crippen molar-refractivity contribution < 1.29 is 0 Å². The zero-order valence-corrected chi connectivity index (χ0v) is 8.90. The van der Waals surface area contributed by atoms with E-state index in [1.54, 1.807) is 11.3 Å². The number of hydrogen-bond donors (Lipinski definition) is 2. The van der Waals surface area contributed by atoms with Gasteiger partial charge in [-0.2, -0.15) is 0 Å². The van der Waals surface area contributed by atoms with Gasteiger partial charge in [0.15, 0.2) is 5.13 Å². The van der Waals surface area contributed by atoms with Crippen LogP contribution in [-0.4, -0.2) is 23.5 Å². The molecule has 1 aromatic heterocycles. The lowest BCUT2D eigenvalue weighted by Crippen LogP contribution is -2.17. The molecule has 13 heavy (non-hydrogen) atoms. The Morgan fingerprint density at radius 3 is 3.00 bits per heavy atom. The first-order valence-electron chi connectivity index (χ1n) is 4.36. The number of rotatable bonds is 5. The molecule has 5 heteroatoms. The summed E-state index contributed by atoms with van der Waals surface area (Å²) in [4.78, 5) is 7.61. The highest BCUT2D eigenvalue weighted by molar-refractivity contribution is 7.15. The van der Waals surface area contributed by atoms with Crippen LogP contribution in [0.1, 0.15) is 18.2 Å². The Morgan fingerprint density at radius 2 is 2.46 bits per heavy atom. The van der Waals surface area contributed by atoms with Crippen LogP contribution in [0, 0.1) is 0 Å². The number of nitrogens with two attached hydrogens (primary N) is 1. The highest BCUT2D eigenvalue weighted by atomic mass is 32.1. The van der Waals surface area contributed by atoms with Crippen LogP contribution in [-0.2, 0) is 6.54 Å². The molecule has 1 aromatic rings. The van der Waals surface area contributed by atoms with E-state index in [0.29, 0.717) is 0 Å². The molecule has 1 heterocycles. The first-order chi connectivity index (χ1) is 6.26. The van der Waals surface area contributed by atoms with Crippen LogP contribution >= 0.6 is 11.3 Å². The molecule has 0 radical (unpaired) electrons. The van der Waals surface area contributed by atoms with E-state index in [4.69, 9.17) is 5.84 Å². The number of nitrogen functional groups attached to an aromatic ring is 1. The Kier molecular flexibility index (Phi) is 4.14. The molecule has 0 aliphatic heterocycles. The molecule has 0 aromatic carbocycles. The van der Waals surface area contributed by atoms with Gasteiger partial charge in [0, 0.05) is 17.6 Å². The third-order valence-corrected chi connectivity index (χ3v) is 2.62. The summed E-state index contributed by atoms with van der Waals surface area (Å²) < 4.78 is 0. The molecule has 1 rings (SSSR count). The smallest absolute Gasteiger partial charge is 0.197 e. The second kappa shape index (κ2) is 5.16. The maximum atomic E-state index is 5.24. The molecule has 0 unspecified atom stereocenters. The maximum Gasteiger partial charge on any atom is 0.197 e. The van der Waals surface area contributed by atoms with Crippen LogP contribution in [0.15, 0.2) is 6.20 Å². The van der Waals surface area contributed by atoms with Crippen LogP contribution in [0.3, 0.4) is 0 Å². The summed E-state index contributed by atoms with van der Waals surface area (Å²) in [5.41, 5.74) is 2.54. The predicted octanol–water partition coefficient (Wildman–Crippen LogP) is 1.27. The van der Waals surface area contributed by atoms with Crippen molar-refractivity contribution in [2.45, 2.75) is 19.9 Å². The lowest BCUT2D eigenvalue weighted by molar-refractivity contribution is 0.330. The van der Waals surface area contributed by atoms with Crippen molar-refractivity contribution in [2.24, 2.45) is 5.84 Å². The highest BCUT2D eigenvalue weighted by Crippen LogP contribution is 2.17. The van der Waals surface area contributed by atoms with E-state index in [1.165, 1.54) is 11.3 Å². The van der Waals surface area contributed by atoms with E-state index in [0.717, 1.165) is 18.2 Å². The molecule has 74 valence electrons. The third-order valence-electron chi connectivity index (χ3n) is 1.71. The molecule has 0 bridgehead atoms. The third kappa shape index (κ3) is 3.30. The SMILES string of the molecule is CCCN(C)Cc1cnc(NN)s1. The second-order valence-electron chi connectivity index (χ2n) is 3.01. The molecular weight excluding hydrogens is 184 g/mol. The average Bonchev–Trinajstić information content (AvgIpc) is 2.52. The van der Waals surface area contributed by atoms with Crippen LogP contribution in [0.2, 0.25) is 0 Å². The van der Waals surface area contributed by atoms with Gasteiger partial charge >= 0.3 is 0 Å². The van der Waals surface area contributed by atoms with Crippen LogP contribution < -0.4 is 11.3 Å². The summed E-state index contributed by atoms with van der Waals surface area (Å²) in [6.45, 7) is 4.24. The van der Waals surface area contributed by atoms with E-state index in [9.17, 15) is 0 Å². The summed E-state index contributed by atoms with van der Waals surface area (Å²) in [6.07, 6.45) is 3.04. The molecule has 0 spiro atoms. The quantitative estimate of drug-likeness (QED) is 0.555. The standard InChI is InChI=1S/C8H16N4S/c1-3-4-12(2)6-7-5-10-8(11-9)13-7/h5H,3-4,6,9H2,1-2H3,(H,10,11). The summed E-state index contributed by atoms with van der Waals surface area (Å²) in [5, 5.41) is 0.778. The molecular formula is C8H16N4S. The minimum Gasteiger partial charge on any atom is -0.301 e. The fraction of sp³-hybridized carbons (Fsp3) is 0.625. The van der Waals surface area contributed by atoms with Crippen molar-refractivity contribution in [3.05, 3.63) is 11.1 Å². The number of aromatic nitrogens is 1. The van der Waals surface area contributed by atoms with Gasteiger partial charge in [-0.15, -0.1) is 0 Å². The molecule has 0 amide bonds. The number of nitrogens with zero attached hydrogens (tertiary/aromatic N) is 2. The van der Waals surface area contributed by atoms with Crippen molar-refractivity contribution in [1.82, 2.24) is 9.88 Å². The van der Waals surface area contributed by atoms with Crippen molar-refractivity contribution in [1.29, 1.82) is 0 Å². The summed E-state index contributed by atoms with van der Waals surface area (Å²) in [7, 11) is 2.11. The van der Waals surface area contributed by atoms with Gasteiger partial charge in [-0.05, 0) is 20.0 Å². The van der Waals surface area contributed by atoms with Gasteiger partial charge in [0.05, 0.1) is 0 Å². The van der Waals surface area contributed by atoms with E-state index < -0.39 is 0 Å². The summed E-state index contributed by atoms with van der Waals surface area (Å²) in [5.74, 6) is 5.24. The molecule has 4 nitrogen and oxygen atoms in total. The largest absolute Gasteiger partial charge is 0.301 e. The first-order valence-corrected chi connectivity index (χ1v) is 5.17. The Hall–Kier alpha value is -0.650. The second-order valence-corrected chi connectivity index (χ2v) is 4.13. The van der Waals surface area contributed by atoms with Crippen molar-refractivity contribution >= 4 is 16.5 Å². The zero-order valence-electron chi connectivity index (χ0n) is 8.08. The fourth-order valence-electron chi connectivity index (χ4n) is 1.17. The first kappa shape index (κ1) is 10.4. The van der Waals surface area contributed by atoms with Crippen LogP contribution in [0.5, 0.6) is 0 Å². The van der Waals surface area contributed by atoms with Gasteiger partial charge in [0.25, 0.3) is 0 Å². The molecule has 0 fully saturated rings. The lowest BCUT2D eigenvalue weighted by Gasteiger charge is -2.12. The molecule has 3 N–H and O–H groups in total. The molecule has 0 aliphatic carbocycles.